The van der Waals surface area contributed by atoms with Crippen molar-refractivity contribution in [2.75, 3.05) is 19.8 Å². The maximum absolute atomic E-state index is 12.9. The Morgan fingerprint density at radius 3 is 2.45 bits per heavy atom. The average Bonchev–Trinajstić information content (AvgIpc) is 2.42. The Morgan fingerprint density at radius 1 is 1.20 bits per heavy atom. The summed E-state index contributed by atoms with van der Waals surface area (Å²) in [6.07, 6.45) is 4.68. The molecule has 114 valence electrons. The van der Waals surface area contributed by atoms with Crippen LogP contribution < -0.4 is 5.32 Å². The summed E-state index contributed by atoms with van der Waals surface area (Å²) in [7, 11) is 0. The molecule has 0 aromatic carbocycles. The molecule has 1 heterocycles. The maximum atomic E-state index is 12.9. The Balaban J connectivity index is 2.20. The van der Waals surface area contributed by atoms with Gasteiger partial charge in [-0.15, -0.1) is 0 Å². The third-order valence-corrected chi connectivity index (χ3v) is 4.61. The average molecular weight is 282 g/mol. The van der Waals surface area contributed by atoms with E-state index in [4.69, 9.17) is 4.74 Å². The second-order valence-electron chi connectivity index (χ2n) is 6.31. The summed E-state index contributed by atoms with van der Waals surface area (Å²) >= 11 is 0. The molecule has 0 unspecified atom stereocenters. The van der Waals surface area contributed by atoms with Crippen molar-refractivity contribution in [3.05, 3.63) is 0 Å². The van der Waals surface area contributed by atoms with Crippen LogP contribution in [-0.4, -0.2) is 47.6 Å². The van der Waals surface area contributed by atoms with Gasteiger partial charge in [-0.3, -0.25) is 9.59 Å². The first-order valence-corrected chi connectivity index (χ1v) is 7.66. The van der Waals surface area contributed by atoms with E-state index in [1.165, 1.54) is 0 Å². The van der Waals surface area contributed by atoms with Gasteiger partial charge in [0.2, 0.25) is 11.8 Å². The van der Waals surface area contributed by atoms with Crippen LogP contribution in [0.5, 0.6) is 0 Å². The summed E-state index contributed by atoms with van der Waals surface area (Å²) in [6.45, 7) is 7.13. The first-order chi connectivity index (χ1) is 9.44. The van der Waals surface area contributed by atoms with E-state index in [1.54, 1.807) is 4.90 Å². The number of carbonyl (C=O) groups is 2. The molecular weight excluding hydrogens is 256 g/mol. The molecule has 1 spiro atoms. The van der Waals surface area contributed by atoms with Crippen molar-refractivity contribution in [3.63, 3.8) is 0 Å². The Hall–Kier alpha value is -1.10. The van der Waals surface area contributed by atoms with Gasteiger partial charge in [-0.1, -0.05) is 19.3 Å². The van der Waals surface area contributed by atoms with Gasteiger partial charge in [-0.25, -0.2) is 0 Å². The first kappa shape index (κ1) is 15.3. The zero-order valence-corrected chi connectivity index (χ0v) is 12.8. The molecule has 2 rings (SSSR count). The number of carbonyl (C=O) groups excluding carboxylic acids is 2. The minimum absolute atomic E-state index is 0.0458. The highest BCUT2D eigenvalue weighted by molar-refractivity contribution is 6.01. The lowest BCUT2D eigenvalue weighted by molar-refractivity contribution is -0.163. The van der Waals surface area contributed by atoms with Crippen molar-refractivity contribution in [2.45, 2.75) is 64.0 Å². The number of hydrogen-bond donors (Lipinski definition) is 1. The molecule has 1 aliphatic heterocycles. The Labute approximate surface area is 121 Å². The SMILES string of the molecule is CCOCCN1C(=O)C2(CCCCC2)NC(=O)C1(C)C. The molecule has 0 aromatic rings. The molecule has 2 aliphatic rings. The molecule has 1 saturated heterocycles. The van der Waals surface area contributed by atoms with Crippen LogP contribution in [0.1, 0.15) is 52.9 Å². The van der Waals surface area contributed by atoms with Crippen LogP contribution in [0.4, 0.5) is 0 Å². The van der Waals surface area contributed by atoms with Crippen LogP contribution in [0.3, 0.4) is 0 Å². The van der Waals surface area contributed by atoms with Gasteiger partial charge >= 0.3 is 0 Å². The highest BCUT2D eigenvalue weighted by Gasteiger charge is 2.54. The molecule has 2 fully saturated rings. The first-order valence-electron chi connectivity index (χ1n) is 7.66. The van der Waals surface area contributed by atoms with Crippen LogP contribution in [0.2, 0.25) is 0 Å². The monoisotopic (exact) mass is 282 g/mol. The van der Waals surface area contributed by atoms with E-state index < -0.39 is 11.1 Å². The van der Waals surface area contributed by atoms with E-state index in [0.29, 0.717) is 19.8 Å². The van der Waals surface area contributed by atoms with Gasteiger partial charge in [0.15, 0.2) is 0 Å². The molecular formula is C15H26N2O3. The standard InChI is InChI=1S/C15H26N2O3/c1-4-20-11-10-17-13(19)15(8-6-5-7-9-15)16-12(18)14(17,2)3/h4-11H2,1-3H3,(H,16,18). The summed E-state index contributed by atoms with van der Waals surface area (Å²) in [5, 5.41) is 3.02. The fourth-order valence-electron chi connectivity index (χ4n) is 3.23. The number of amides is 2. The summed E-state index contributed by atoms with van der Waals surface area (Å²) in [5.74, 6) is 0.0250. The fourth-order valence-corrected chi connectivity index (χ4v) is 3.23. The van der Waals surface area contributed by atoms with E-state index in [-0.39, 0.29) is 11.8 Å². The maximum Gasteiger partial charge on any atom is 0.249 e. The van der Waals surface area contributed by atoms with Crippen molar-refractivity contribution in [1.29, 1.82) is 0 Å². The van der Waals surface area contributed by atoms with Crippen LogP contribution in [0.15, 0.2) is 0 Å². The topological polar surface area (TPSA) is 58.6 Å². The zero-order chi connectivity index (χ0) is 14.8. The van der Waals surface area contributed by atoms with Gasteiger partial charge in [0.1, 0.15) is 11.1 Å². The number of nitrogens with zero attached hydrogens (tertiary/aromatic N) is 1. The second-order valence-corrected chi connectivity index (χ2v) is 6.31. The molecule has 0 atom stereocenters. The number of hydrogen-bond acceptors (Lipinski definition) is 3. The van der Waals surface area contributed by atoms with Crippen molar-refractivity contribution >= 4 is 11.8 Å². The zero-order valence-electron chi connectivity index (χ0n) is 12.8. The third-order valence-electron chi connectivity index (χ3n) is 4.61. The summed E-state index contributed by atoms with van der Waals surface area (Å²) in [6, 6.07) is 0. The minimum atomic E-state index is -0.795. The van der Waals surface area contributed by atoms with Crippen LogP contribution >= 0.6 is 0 Å². The summed E-state index contributed by atoms with van der Waals surface area (Å²) < 4.78 is 5.36. The molecule has 0 bridgehead atoms. The molecule has 20 heavy (non-hydrogen) atoms. The predicted octanol–water partition coefficient (Wildman–Crippen LogP) is 1.46. The number of rotatable bonds is 4. The quantitative estimate of drug-likeness (QED) is 0.794. The molecule has 0 radical (unpaired) electrons. The molecule has 1 N–H and O–H groups in total. The van der Waals surface area contributed by atoms with Crippen molar-refractivity contribution in [3.8, 4) is 0 Å². The van der Waals surface area contributed by atoms with Crippen LogP contribution in [0.25, 0.3) is 0 Å². The highest BCUT2D eigenvalue weighted by atomic mass is 16.5. The van der Waals surface area contributed by atoms with Gasteiger partial charge in [-0.05, 0) is 33.6 Å². The Kier molecular flexibility index (Phi) is 4.37. The van der Waals surface area contributed by atoms with Gasteiger partial charge in [0.25, 0.3) is 0 Å². The van der Waals surface area contributed by atoms with E-state index >= 15 is 0 Å². The van der Waals surface area contributed by atoms with E-state index in [0.717, 1.165) is 32.1 Å². The molecule has 2 amide bonds. The van der Waals surface area contributed by atoms with Gasteiger partial charge < -0.3 is 15.0 Å². The molecule has 5 heteroatoms. The second kappa shape index (κ2) is 5.72. The van der Waals surface area contributed by atoms with Crippen molar-refractivity contribution < 1.29 is 14.3 Å². The predicted molar refractivity (Wildman–Crippen MR) is 76.2 cm³/mol. The minimum Gasteiger partial charge on any atom is -0.380 e. The number of nitrogens with one attached hydrogen (secondary N) is 1. The van der Waals surface area contributed by atoms with Gasteiger partial charge in [0.05, 0.1) is 6.61 Å². The van der Waals surface area contributed by atoms with E-state index in [2.05, 4.69) is 5.32 Å². The largest absolute Gasteiger partial charge is 0.380 e. The van der Waals surface area contributed by atoms with Crippen molar-refractivity contribution in [2.24, 2.45) is 0 Å². The molecule has 1 saturated carbocycles. The van der Waals surface area contributed by atoms with Gasteiger partial charge in [-0.2, -0.15) is 0 Å². The molecule has 5 nitrogen and oxygen atoms in total. The smallest absolute Gasteiger partial charge is 0.249 e. The van der Waals surface area contributed by atoms with E-state index in [1.807, 2.05) is 20.8 Å². The lowest BCUT2D eigenvalue weighted by Gasteiger charge is -2.51. The van der Waals surface area contributed by atoms with Crippen LogP contribution in [-0.2, 0) is 14.3 Å². The summed E-state index contributed by atoms with van der Waals surface area (Å²) in [4.78, 5) is 27.1. The normalized spacial score (nSPS) is 24.9. The lowest BCUT2D eigenvalue weighted by Crippen LogP contribution is -2.74. The lowest BCUT2D eigenvalue weighted by atomic mass is 9.76. The van der Waals surface area contributed by atoms with Crippen molar-refractivity contribution in [1.82, 2.24) is 10.2 Å². The summed E-state index contributed by atoms with van der Waals surface area (Å²) in [5.41, 5.74) is -1.45. The fraction of sp³-hybridized carbons (Fsp3) is 0.867. The number of ether oxygens (including phenoxy) is 1. The number of piperazine rings is 1. The Morgan fingerprint density at radius 2 is 1.85 bits per heavy atom. The Bertz CT molecular complexity index is 387. The highest BCUT2D eigenvalue weighted by Crippen LogP contribution is 2.35. The molecule has 0 aromatic heterocycles. The molecule has 1 aliphatic carbocycles. The third kappa shape index (κ3) is 2.55. The van der Waals surface area contributed by atoms with E-state index in [9.17, 15) is 9.59 Å². The van der Waals surface area contributed by atoms with Gasteiger partial charge in [0, 0.05) is 13.2 Å². The van der Waals surface area contributed by atoms with Crippen LogP contribution in [0, 0.1) is 0 Å².